The second-order valence-corrected chi connectivity index (χ2v) is 4.96. The zero-order chi connectivity index (χ0) is 11.7. The third-order valence-electron chi connectivity index (χ3n) is 2.89. The first-order valence-electron chi connectivity index (χ1n) is 5.63. The van der Waals surface area contributed by atoms with Gasteiger partial charge in [0.1, 0.15) is 0 Å². The molecule has 1 aromatic carbocycles. The zero-order valence-electron chi connectivity index (χ0n) is 9.70. The van der Waals surface area contributed by atoms with Crippen LogP contribution >= 0.6 is 11.6 Å². The summed E-state index contributed by atoms with van der Waals surface area (Å²) in [6.45, 7) is 6.24. The number of nitrogen functional groups attached to an aromatic ring is 1. The van der Waals surface area contributed by atoms with Gasteiger partial charge in [-0.15, -0.1) is 0 Å². The van der Waals surface area contributed by atoms with Crippen LogP contribution in [0.1, 0.15) is 13.8 Å². The molecule has 1 saturated heterocycles. The van der Waals surface area contributed by atoms with E-state index in [2.05, 4.69) is 24.1 Å². The highest BCUT2D eigenvalue weighted by molar-refractivity contribution is 6.34. The van der Waals surface area contributed by atoms with E-state index in [9.17, 15) is 0 Å². The molecule has 0 spiro atoms. The van der Waals surface area contributed by atoms with Crippen LogP contribution in [-0.2, 0) is 0 Å². The predicted octanol–water partition coefficient (Wildman–Crippen LogP) is 2.11. The zero-order valence-corrected chi connectivity index (χ0v) is 10.5. The normalized spacial score (nSPS) is 25.8. The predicted molar refractivity (Wildman–Crippen MR) is 70.1 cm³/mol. The van der Waals surface area contributed by atoms with E-state index in [-0.39, 0.29) is 0 Å². The Labute approximate surface area is 102 Å². The Morgan fingerprint density at radius 3 is 2.50 bits per heavy atom. The molecule has 2 atom stereocenters. The van der Waals surface area contributed by atoms with Crippen LogP contribution in [0, 0.1) is 0 Å². The van der Waals surface area contributed by atoms with Crippen LogP contribution < -0.4 is 16.0 Å². The van der Waals surface area contributed by atoms with Crippen LogP contribution in [0.25, 0.3) is 0 Å². The molecule has 4 heteroatoms. The molecule has 1 aliphatic heterocycles. The maximum absolute atomic E-state index is 6.22. The summed E-state index contributed by atoms with van der Waals surface area (Å²) in [5.74, 6) is 0. The molecule has 3 nitrogen and oxygen atoms in total. The van der Waals surface area contributed by atoms with Gasteiger partial charge in [-0.25, -0.2) is 0 Å². The molecule has 88 valence electrons. The number of nitrogens with one attached hydrogen (secondary N) is 1. The van der Waals surface area contributed by atoms with Gasteiger partial charge in [0.2, 0.25) is 0 Å². The van der Waals surface area contributed by atoms with Crippen molar-refractivity contribution >= 4 is 23.0 Å². The van der Waals surface area contributed by atoms with Crippen molar-refractivity contribution in [2.24, 2.45) is 0 Å². The molecule has 16 heavy (non-hydrogen) atoms. The summed E-state index contributed by atoms with van der Waals surface area (Å²) >= 11 is 6.22. The molecule has 3 N–H and O–H groups in total. The molecule has 0 amide bonds. The second-order valence-electron chi connectivity index (χ2n) is 4.55. The number of hydrogen-bond acceptors (Lipinski definition) is 3. The second kappa shape index (κ2) is 4.52. The number of hydrogen-bond donors (Lipinski definition) is 2. The lowest BCUT2D eigenvalue weighted by Gasteiger charge is -2.38. The van der Waals surface area contributed by atoms with Crippen LogP contribution in [-0.4, -0.2) is 25.2 Å². The van der Waals surface area contributed by atoms with Gasteiger partial charge in [0.25, 0.3) is 0 Å². The molecule has 1 aromatic rings. The molecule has 0 aromatic heterocycles. The first-order chi connectivity index (χ1) is 7.58. The smallest absolute Gasteiger partial charge is 0.0790 e. The van der Waals surface area contributed by atoms with E-state index in [1.807, 2.05) is 18.2 Å². The Morgan fingerprint density at radius 2 is 1.94 bits per heavy atom. The van der Waals surface area contributed by atoms with Gasteiger partial charge in [0, 0.05) is 25.2 Å². The Morgan fingerprint density at radius 1 is 1.31 bits per heavy atom. The molecule has 0 bridgehead atoms. The standard InChI is InChI=1S/C12H18ClN3/c1-8-6-16(7-9(2)15-8)12-10(13)4-3-5-11(12)14/h3-5,8-9,15H,6-7,14H2,1-2H3/t8-,9-/m0/s1. The molecule has 0 aliphatic carbocycles. The van der Waals surface area contributed by atoms with Gasteiger partial charge in [-0.3, -0.25) is 0 Å². The van der Waals surface area contributed by atoms with Crippen molar-refractivity contribution < 1.29 is 0 Å². The van der Waals surface area contributed by atoms with Crippen LogP contribution in [0.2, 0.25) is 5.02 Å². The van der Waals surface area contributed by atoms with Gasteiger partial charge >= 0.3 is 0 Å². The average molecular weight is 240 g/mol. The summed E-state index contributed by atoms with van der Waals surface area (Å²) in [6.07, 6.45) is 0. The van der Waals surface area contributed by atoms with Crippen molar-refractivity contribution in [3.8, 4) is 0 Å². The molecular weight excluding hydrogens is 222 g/mol. The number of nitrogens with zero attached hydrogens (tertiary/aromatic N) is 1. The molecular formula is C12H18ClN3. The third-order valence-corrected chi connectivity index (χ3v) is 3.20. The average Bonchev–Trinajstić information content (AvgIpc) is 2.15. The number of halogens is 1. The van der Waals surface area contributed by atoms with Crippen LogP contribution in [0.4, 0.5) is 11.4 Å². The highest BCUT2D eigenvalue weighted by Gasteiger charge is 2.23. The number of benzene rings is 1. The first kappa shape index (κ1) is 11.6. The monoisotopic (exact) mass is 239 g/mol. The Balaban J connectivity index is 2.29. The molecule has 1 aliphatic rings. The SMILES string of the molecule is C[C@H]1CN(c2c(N)cccc2Cl)C[C@H](C)N1. The summed E-state index contributed by atoms with van der Waals surface area (Å²) in [5.41, 5.74) is 7.73. The van der Waals surface area contributed by atoms with Crippen LogP contribution in [0.15, 0.2) is 18.2 Å². The Hall–Kier alpha value is -0.930. The van der Waals surface area contributed by atoms with Crippen LogP contribution in [0.3, 0.4) is 0 Å². The highest BCUT2D eigenvalue weighted by Crippen LogP contribution is 2.32. The molecule has 2 rings (SSSR count). The number of rotatable bonds is 1. The summed E-state index contributed by atoms with van der Waals surface area (Å²) in [5, 5.41) is 4.23. The minimum Gasteiger partial charge on any atom is -0.397 e. The van der Waals surface area contributed by atoms with Gasteiger partial charge in [0.05, 0.1) is 16.4 Å². The molecule has 1 fully saturated rings. The maximum Gasteiger partial charge on any atom is 0.0790 e. The van der Waals surface area contributed by atoms with E-state index in [1.165, 1.54) is 0 Å². The van der Waals surface area contributed by atoms with Crippen LogP contribution in [0.5, 0.6) is 0 Å². The minimum absolute atomic E-state index is 0.458. The van der Waals surface area contributed by atoms with Gasteiger partial charge in [0.15, 0.2) is 0 Å². The molecule has 0 saturated carbocycles. The van der Waals surface area contributed by atoms with Crippen molar-refractivity contribution in [3.05, 3.63) is 23.2 Å². The third kappa shape index (κ3) is 2.25. The van der Waals surface area contributed by atoms with E-state index in [0.29, 0.717) is 12.1 Å². The van der Waals surface area contributed by atoms with E-state index < -0.39 is 0 Å². The van der Waals surface area contributed by atoms with Gasteiger partial charge in [-0.2, -0.15) is 0 Å². The summed E-state index contributed by atoms with van der Waals surface area (Å²) in [6, 6.07) is 6.60. The number of nitrogens with two attached hydrogens (primary N) is 1. The summed E-state index contributed by atoms with van der Waals surface area (Å²) in [4.78, 5) is 2.27. The fraction of sp³-hybridized carbons (Fsp3) is 0.500. The largest absolute Gasteiger partial charge is 0.397 e. The molecule has 0 unspecified atom stereocenters. The van der Waals surface area contributed by atoms with Gasteiger partial charge < -0.3 is 16.0 Å². The Kier molecular flexibility index (Phi) is 3.26. The van der Waals surface area contributed by atoms with Gasteiger partial charge in [-0.05, 0) is 26.0 Å². The van der Waals surface area contributed by atoms with E-state index in [0.717, 1.165) is 29.5 Å². The van der Waals surface area contributed by atoms with E-state index in [1.54, 1.807) is 0 Å². The van der Waals surface area contributed by atoms with Gasteiger partial charge in [-0.1, -0.05) is 17.7 Å². The van der Waals surface area contributed by atoms with Crippen molar-refractivity contribution in [3.63, 3.8) is 0 Å². The summed E-state index contributed by atoms with van der Waals surface area (Å²) in [7, 11) is 0. The summed E-state index contributed by atoms with van der Waals surface area (Å²) < 4.78 is 0. The lowest BCUT2D eigenvalue weighted by Crippen LogP contribution is -2.54. The quantitative estimate of drug-likeness (QED) is 0.738. The Bertz CT molecular complexity index is 350. The maximum atomic E-state index is 6.22. The van der Waals surface area contributed by atoms with Crippen molar-refractivity contribution in [2.45, 2.75) is 25.9 Å². The first-order valence-corrected chi connectivity index (χ1v) is 6.00. The molecule has 0 radical (unpaired) electrons. The van der Waals surface area contributed by atoms with Crippen molar-refractivity contribution in [1.82, 2.24) is 5.32 Å². The fourth-order valence-corrected chi connectivity index (χ4v) is 2.68. The van der Waals surface area contributed by atoms with Crippen molar-refractivity contribution in [1.29, 1.82) is 0 Å². The number of para-hydroxylation sites is 1. The van der Waals surface area contributed by atoms with Crippen molar-refractivity contribution in [2.75, 3.05) is 23.7 Å². The van der Waals surface area contributed by atoms with E-state index >= 15 is 0 Å². The fourth-order valence-electron chi connectivity index (χ4n) is 2.38. The lowest BCUT2D eigenvalue weighted by atomic mass is 10.1. The lowest BCUT2D eigenvalue weighted by molar-refractivity contribution is 0.407. The number of anilines is 2. The molecule has 1 heterocycles. The van der Waals surface area contributed by atoms with E-state index in [4.69, 9.17) is 17.3 Å². The minimum atomic E-state index is 0.458. The topological polar surface area (TPSA) is 41.3 Å². The highest BCUT2D eigenvalue weighted by atomic mass is 35.5. The number of piperazine rings is 1.